The fourth-order valence-electron chi connectivity index (χ4n) is 2.03. The van der Waals surface area contributed by atoms with Crippen LogP contribution in [-0.2, 0) is 0 Å². The van der Waals surface area contributed by atoms with Crippen LogP contribution in [-0.4, -0.2) is 35.0 Å². The predicted molar refractivity (Wildman–Crippen MR) is 67.7 cm³/mol. The Morgan fingerprint density at radius 3 is 2.28 bits per heavy atom. The van der Waals surface area contributed by atoms with Crippen LogP contribution in [0.3, 0.4) is 0 Å². The Labute approximate surface area is 105 Å². The molecule has 18 heavy (non-hydrogen) atoms. The molecule has 1 fully saturated rings. The smallest absolute Gasteiger partial charge is 0.320 e. The maximum Gasteiger partial charge on any atom is 0.324 e. The fraction of sp³-hybridized carbons (Fsp3) is 0.417. The summed E-state index contributed by atoms with van der Waals surface area (Å²) in [6.07, 6.45) is 0. The Morgan fingerprint density at radius 2 is 1.83 bits per heavy atom. The molecule has 0 unspecified atom stereocenters. The first-order valence-corrected chi connectivity index (χ1v) is 5.83. The van der Waals surface area contributed by atoms with Gasteiger partial charge in [0.1, 0.15) is 0 Å². The number of amides is 2. The quantitative estimate of drug-likeness (QED) is 0.609. The van der Waals surface area contributed by atoms with Gasteiger partial charge in [-0.05, 0) is 26.0 Å². The number of hydrogen-bond acceptors (Lipinski definition) is 3. The Kier molecular flexibility index (Phi) is 3.18. The molecule has 0 N–H and O–H groups in total. The lowest BCUT2D eigenvalue weighted by molar-refractivity contribution is -0.384. The highest BCUT2D eigenvalue weighted by atomic mass is 16.6. The van der Waals surface area contributed by atoms with Gasteiger partial charge in [-0.25, -0.2) is 4.79 Å². The second kappa shape index (κ2) is 4.64. The van der Waals surface area contributed by atoms with E-state index >= 15 is 0 Å². The SMILES string of the molecule is CC(C)N1CCN(c2ccc([N+](=O)[O-])cc2)C1=O. The van der Waals surface area contributed by atoms with Crippen molar-refractivity contribution in [3.8, 4) is 0 Å². The number of carbonyl (C=O) groups excluding carboxylic acids is 1. The maximum atomic E-state index is 12.1. The number of nitro groups is 1. The van der Waals surface area contributed by atoms with E-state index in [-0.39, 0.29) is 17.8 Å². The molecule has 0 aliphatic carbocycles. The summed E-state index contributed by atoms with van der Waals surface area (Å²) >= 11 is 0. The molecule has 6 heteroatoms. The fourth-order valence-corrected chi connectivity index (χ4v) is 2.03. The van der Waals surface area contributed by atoms with Crippen molar-refractivity contribution >= 4 is 17.4 Å². The summed E-state index contributed by atoms with van der Waals surface area (Å²) in [6.45, 7) is 5.25. The Bertz CT molecular complexity index is 470. The first kappa shape index (κ1) is 12.3. The van der Waals surface area contributed by atoms with E-state index in [1.54, 1.807) is 21.9 Å². The number of benzene rings is 1. The van der Waals surface area contributed by atoms with Crippen LogP contribution >= 0.6 is 0 Å². The van der Waals surface area contributed by atoms with Gasteiger partial charge in [-0.15, -0.1) is 0 Å². The van der Waals surface area contributed by atoms with Gasteiger partial charge in [-0.1, -0.05) is 0 Å². The second-order valence-corrected chi connectivity index (χ2v) is 4.49. The molecule has 0 atom stereocenters. The van der Waals surface area contributed by atoms with Crippen LogP contribution in [0.2, 0.25) is 0 Å². The van der Waals surface area contributed by atoms with Gasteiger partial charge < -0.3 is 4.90 Å². The molecule has 96 valence electrons. The molecular formula is C12H15N3O3. The highest BCUT2D eigenvalue weighted by Gasteiger charge is 2.31. The number of urea groups is 1. The minimum atomic E-state index is -0.448. The molecule has 1 aliphatic heterocycles. The minimum Gasteiger partial charge on any atom is -0.320 e. The third kappa shape index (κ3) is 2.13. The molecule has 0 bridgehead atoms. The number of nitrogens with zero attached hydrogens (tertiary/aromatic N) is 3. The first-order valence-electron chi connectivity index (χ1n) is 5.83. The largest absolute Gasteiger partial charge is 0.324 e. The molecule has 0 aromatic heterocycles. The van der Waals surface area contributed by atoms with Crippen LogP contribution in [0.25, 0.3) is 0 Å². The van der Waals surface area contributed by atoms with Gasteiger partial charge >= 0.3 is 6.03 Å². The van der Waals surface area contributed by atoms with Crippen molar-refractivity contribution < 1.29 is 9.72 Å². The van der Waals surface area contributed by atoms with Gasteiger partial charge in [-0.3, -0.25) is 15.0 Å². The van der Waals surface area contributed by atoms with Gasteiger partial charge in [-0.2, -0.15) is 0 Å². The van der Waals surface area contributed by atoms with Gasteiger partial charge in [0.25, 0.3) is 5.69 Å². The van der Waals surface area contributed by atoms with E-state index < -0.39 is 4.92 Å². The number of non-ortho nitro benzene ring substituents is 1. The number of rotatable bonds is 3. The Hall–Kier alpha value is -2.11. The zero-order valence-electron chi connectivity index (χ0n) is 10.4. The molecule has 6 nitrogen and oxygen atoms in total. The van der Waals surface area contributed by atoms with E-state index in [4.69, 9.17) is 0 Å². The highest BCUT2D eigenvalue weighted by Crippen LogP contribution is 2.23. The molecule has 0 saturated carbocycles. The standard InChI is InChI=1S/C12H15N3O3/c1-9(2)13-7-8-14(12(13)16)10-3-5-11(6-4-10)15(17)18/h3-6,9H,7-8H2,1-2H3. The highest BCUT2D eigenvalue weighted by molar-refractivity contribution is 5.94. The summed E-state index contributed by atoms with van der Waals surface area (Å²) in [7, 11) is 0. The summed E-state index contributed by atoms with van der Waals surface area (Å²) in [4.78, 5) is 25.6. The van der Waals surface area contributed by atoms with Gasteiger partial charge in [0, 0.05) is 37.0 Å². The molecule has 1 aliphatic rings. The molecule has 2 rings (SSSR count). The number of carbonyl (C=O) groups is 1. The maximum absolute atomic E-state index is 12.1. The van der Waals surface area contributed by atoms with Crippen LogP contribution in [0.5, 0.6) is 0 Å². The monoisotopic (exact) mass is 249 g/mol. The van der Waals surface area contributed by atoms with Crippen LogP contribution in [0, 0.1) is 10.1 Å². The van der Waals surface area contributed by atoms with Gasteiger partial charge in [0.05, 0.1) is 4.92 Å². The minimum absolute atomic E-state index is 0.0334. The topological polar surface area (TPSA) is 66.7 Å². The lowest BCUT2D eigenvalue weighted by atomic mass is 10.2. The third-order valence-corrected chi connectivity index (χ3v) is 3.04. The lowest BCUT2D eigenvalue weighted by Gasteiger charge is -2.21. The van der Waals surface area contributed by atoms with Gasteiger partial charge in [0.15, 0.2) is 0 Å². The molecule has 0 radical (unpaired) electrons. The summed E-state index contributed by atoms with van der Waals surface area (Å²) in [5, 5.41) is 10.6. The van der Waals surface area contributed by atoms with Gasteiger partial charge in [0.2, 0.25) is 0 Å². The van der Waals surface area contributed by atoms with Crippen molar-refractivity contribution in [1.82, 2.24) is 4.90 Å². The Morgan fingerprint density at radius 1 is 1.22 bits per heavy atom. The van der Waals surface area contributed by atoms with Crippen molar-refractivity contribution in [3.63, 3.8) is 0 Å². The normalized spacial score (nSPS) is 15.6. The van der Waals surface area contributed by atoms with E-state index in [9.17, 15) is 14.9 Å². The van der Waals surface area contributed by atoms with Crippen LogP contribution in [0.1, 0.15) is 13.8 Å². The van der Waals surface area contributed by atoms with E-state index in [0.29, 0.717) is 18.8 Å². The van der Waals surface area contributed by atoms with E-state index in [1.165, 1.54) is 12.1 Å². The van der Waals surface area contributed by atoms with Crippen molar-refractivity contribution in [1.29, 1.82) is 0 Å². The van der Waals surface area contributed by atoms with Crippen molar-refractivity contribution in [2.24, 2.45) is 0 Å². The van der Waals surface area contributed by atoms with Crippen LogP contribution < -0.4 is 4.90 Å². The summed E-state index contributed by atoms with van der Waals surface area (Å²) in [6, 6.07) is 6.18. The first-order chi connectivity index (χ1) is 8.50. The average Bonchev–Trinajstić information content (AvgIpc) is 2.71. The zero-order chi connectivity index (χ0) is 13.3. The molecule has 1 aromatic carbocycles. The molecule has 1 heterocycles. The average molecular weight is 249 g/mol. The number of hydrogen-bond donors (Lipinski definition) is 0. The zero-order valence-corrected chi connectivity index (χ0v) is 10.4. The van der Waals surface area contributed by atoms with E-state index in [1.807, 2.05) is 13.8 Å². The second-order valence-electron chi connectivity index (χ2n) is 4.49. The van der Waals surface area contributed by atoms with Crippen LogP contribution in [0.4, 0.5) is 16.2 Å². The molecular weight excluding hydrogens is 234 g/mol. The number of anilines is 1. The van der Waals surface area contributed by atoms with Crippen molar-refractivity contribution in [2.75, 3.05) is 18.0 Å². The summed E-state index contributed by atoms with van der Waals surface area (Å²) in [5.41, 5.74) is 0.736. The van der Waals surface area contributed by atoms with Crippen molar-refractivity contribution in [2.45, 2.75) is 19.9 Å². The van der Waals surface area contributed by atoms with Crippen LogP contribution in [0.15, 0.2) is 24.3 Å². The molecule has 0 spiro atoms. The summed E-state index contributed by atoms with van der Waals surface area (Å²) in [5.74, 6) is 0. The molecule has 1 aromatic rings. The van der Waals surface area contributed by atoms with E-state index in [0.717, 1.165) is 0 Å². The molecule has 1 saturated heterocycles. The predicted octanol–water partition coefficient (Wildman–Crippen LogP) is 2.25. The van der Waals surface area contributed by atoms with Crippen molar-refractivity contribution in [3.05, 3.63) is 34.4 Å². The Balaban J connectivity index is 2.18. The third-order valence-electron chi connectivity index (χ3n) is 3.04. The number of nitro benzene ring substituents is 1. The van der Waals surface area contributed by atoms with E-state index in [2.05, 4.69) is 0 Å². The summed E-state index contributed by atoms with van der Waals surface area (Å²) < 4.78 is 0. The molecule has 2 amide bonds. The lowest BCUT2D eigenvalue weighted by Crippen LogP contribution is -2.36.